The first-order valence-electron chi connectivity index (χ1n) is 10.1. The molecule has 1 aliphatic carbocycles. The average molecular weight is 432 g/mol. The highest BCUT2D eigenvalue weighted by Gasteiger charge is 2.57. The molecule has 0 aromatic heterocycles. The van der Waals surface area contributed by atoms with Crippen molar-refractivity contribution in [3.63, 3.8) is 0 Å². The van der Waals surface area contributed by atoms with Crippen LogP contribution >= 0.6 is 24.8 Å². The Morgan fingerprint density at radius 1 is 1.21 bits per heavy atom. The van der Waals surface area contributed by atoms with Crippen LogP contribution in [0.15, 0.2) is 24.3 Å². The first-order chi connectivity index (χ1) is 12.7. The van der Waals surface area contributed by atoms with Gasteiger partial charge in [0.1, 0.15) is 12.4 Å². The smallest absolute Gasteiger partial charge is 0.223 e. The summed E-state index contributed by atoms with van der Waals surface area (Å²) in [6.45, 7) is 10.6. The number of para-hydroxylation sites is 1. The summed E-state index contributed by atoms with van der Waals surface area (Å²) in [6.07, 6.45) is 3.33. The van der Waals surface area contributed by atoms with Crippen molar-refractivity contribution < 1.29 is 9.53 Å². The molecule has 0 bridgehead atoms. The van der Waals surface area contributed by atoms with Gasteiger partial charge in [-0.05, 0) is 56.9 Å². The van der Waals surface area contributed by atoms with Gasteiger partial charge in [0.05, 0.1) is 0 Å². The first kappa shape index (κ1) is 25.0. The molecule has 2 fully saturated rings. The summed E-state index contributed by atoms with van der Waals surface area (Å²) in [5.74, 6) is 1.30. The number of piperidine rings is 1. The van der Waals surface area contributed by atoms with Gasteiger partial charge in [-0.1, -0.05) is 32.0 Å². The zero-order valence-electron chi connectivity index (χ0n) is 17.0. The molecule has 1 amide bonds. The molecular formula is C21H35Cl2N3O2. The van der Waals surface area contributed by atoms with Gasteiger partial charge < -0.3 is 20.3 Å². The molecule has 1 aromatic carbocycles. The van der Waals surface area contributed by atoms with E-state index in [9.17, 15) is 4.79 Å². The minimum Gasteiger partial charge on any atom is -0.492 e. The largest absolute Gasteiger partial charge is 0.492 e. The molecule has 5 nitrogen and oxygen atoms in total. The summed E-state index contributed by atoms with van der Waals surface area (Å²) in [4.78, 5) is 14.9. The van der Waals surface area contributed by atoms with Gasteiger partial charge in [-0.2, -0.15) is 0 Å². The number of halogens is 2. The van der Waals surface area contributed by atoms with Crippen molar-refractivity contribution in [1.29, 1.82) is 0 Å². The first-order valence-corrected chi connectivity index (χ1v) is 10.1. The fraction of sp³-hybridized carbons (Fsp3) is 0.667. The maximum absolute atomic E-state index is 12.6. The van der Waals surface area contributed by atoms with Crippen LogP contribution in [0.5, 0.6) is 5.75 Å². The fourth-order valence-corrected chi connectivity index (χ4v) is 4.12. The lowest BCUT2D eigenvalue weighted by atomic mass is 9.92. The summed E-state index contributed by atoms with van der Waals surface area (Å²) in [5, 5.41) is 6.53. The molecule has 3 rings (SSSR count). The van der Waals surface area contributed by atoms with Gasteiger partial charge in [0, 0.05) is 24.6 Å². The number of likely N-dealkylation sites (N-methyl/N-ethyl adjacent to an activating group) is 1. The Kier molecular flexibility index (Phi) is 10.6. The minimum absolute atomic E-state index is 0. The van der Waals surface area contributed by atoms with E-state index in [2.05, 4.69) is 29.4 Å². The topological polar surface area (TPSA) is 53.6 Å². The number of nitrogens with zero attached hydrogens (tertiary/aromatic N) is 1. The van der Waals surface area contributed by atoms with Crippen LogP contribution in [0.1, 0.15) is 38.7 Å². The summed E-state index contributed by atoms with van der Waals surface area (Å²) < 4.78 is 5.99. The van der Waals surface area contributed by atoms with Crippen LogP contribution in [0.4, 0.5) is 0 Å². The highest BCUT2D eigenvalue weighted by Crippen LogP contribution is 2.58. The molecule has 1 aliphatic heterocycles. The van der Waals surface area contributed by atoms with Gasteiger partial charge in [-0.15, -0.1) is 24.8 Å². The van der Waals surface area contributed by atoms with Crippen molar-refractivity contribution in [2.24, 2.45) is 11.3 Å². The number of carbonyl (C=O) groups is 1. The monoisotopic (exact) mass is 431 g/mol. The van der Waals surface area contributed by atoms with Crippen molar-refractivity contribution in [2.45, 2.75) is 39.7 Å². The third kappa shape index (κ3) is 6.24. The third-order valence-corrected chi connectivity index (χ3v) is 6.09. The molecule has 1 spiro atoms. The van der Waals surface area contributed by atoms with Crippen molar-refractivity contribution in [3.8, 4) is 5.75 Å². The minimum atomic E-state index is 0. The summed E-state index contributed by atoms with van der Waals surface area (Å²) >= 11 is 0. The van der Waals surface area contributed by atoms with E-state index in [1.165, 1.54) is 0 Å². The van der Waals surface area contributed by atoms with Crippen LogP contribution < -0.4 is 15.4 Å². The molecule has 1 saturated carbocycles. The van der Waals surface area contributed by atoms with Gasteiger partial charge in [0.15, 0.2) is 0 Å². The molecule has 7 heteroatoms. The van der Waals surface area contributed by atoms with E-state index in [0.717, 1.165) is 63.3 Å². The number of amides is 1. The molecule has 1 saturated heterocycles. The molecule has 1 unspecified atom stereocenters. The standard InChI is InChI=1S/C21H33N3O2.2ClH/c1-3-24(4-2)13-14-26-19-8-6-5-7-17(19)16-23-20(25)18-15-21(18)9-11-22-12-10-21;;/h5-8,18,22H,3-4,9-16H2,1-2H3,(H,23,25);2*1H. The Balaban J connectivity index is 0.00000196. The van der Waals surface area contributed by atoms with Gasteiger partial charge in [-0.25, -0.2) is 0 Å². The number of ether oxygens (including phenoxy) is 1. The Hall–Kier alpha value is -1.01. The van der Waals surface area contributed by atoms with Crippen LogP contribution in [-0.4, -0.2) is 50.1 Å². The molecule has 28 heavy (non-hydrogen) atoms. The molecular weight excluding hydrogens is 397 g/mol. The average Bonchev–Trinajstić information content (AvgIpc) is 3.37. The number of rotatable bonds is 9. The number of carbonyl (C=O) groups excluding carboxylic acids is 1. The molecule has 160 valence electrons. The van der Waals surface area contributed by atoms with Crippen molar-refractivity contribution in [1.82, 2.24) is 15.5 Å². The second-order valence-electron chi connectivity index (χ2n) is 7.57. The Morgan fingerprint density at radius 2 is 1.89 bits per heavy atom. The summed E-state index contributed by atoms with van der Waals surface area (Å²) in [7, 11) is 0. The second-order valence-corrected chi connectivity index (χ2v) is 7.57. The van der Waals surface area contributed by atoms with E-state index in [-0.39, 0.29) is 42.1 Å². The maximum atomic E-state index is 12.6. The normalized spacial score (nSPS) is 19.5. The Bertz CT molecular complexity index is 605. The highest BCUT2D eigenvalue weighted by atomic mass is 35.5. The summed E-state index contributed by atoms with van der Waals surface area (Å²) in [6, 6.07) is 8.03. The van der Waals surface area contributed by atoms with Crippen LogP contribution in [-0.2, 0) is 11.3 Å². The van der Waals surface area contributed by atoms with Gasteiger partial charge in [0.2, 0.25) is 5.91 Å². The van der Waals surface area contributed by atoms with Crippen molar-refractivity contribution in [2.75, 3.05) is 39.3 Å². The van der Waals surface area contributed by atoms with Crippen LogP contribution in [0.3, 0.4) is 0 Å². The van der Waals surface area contributed by atoms with E-state index >= 15 is 0 Å². The number of benzene rings is 1. The molecule has 2 aliphatic rings. The quantitative estimate of drug-likeness (QED) is 0.629. The van der Waals surface area contributed by atoms with Gasteiger partial charge in [-0.3, -0.25) is 4.79 Å². The number of hydrogen-bond acceptors (Lipinski definition) is 4. The maximum Gasteiger partial charge on any atom is 0.223 e. The molecule has 2 N–H and O–H groups in total. The fourth-order valence-electron chi connectivity index (χ4n) is 4.12. The zero-order chi connectivity index (χ0) is 18.4. The zero-order valence-corrected chi connectivity index (χ0v) is 18.7. The number of hydrogen-bond donors (Lipinski definition) is 2. The van der Waals surface area contributed by atoms with E-state index in [0.29, 0.717) is 13.2 Å². The predicted octanol–water partition coefficient (Wildman–Crippen LogP) is 3.26. The molecule has 1 atom stereocenters. The van der Waals surface area contributed by atoms with E-state index in [1.54, 1.807) is 0 Å². The van der Waals surface area contributed by atoms with Crippen LogP contribution in [0.2, 0.25) is 0 Å². The second kappa shape index (κ2) is 11.9. The Morgan fingerprint density at radius 3 is 2.57 bits per heavy atom. The lowest BCUT2D eigenvalue weighted by Gasteiger charge is -2.23. The van der Waals surface area contributed by atoms with Crippen molar-refractivity contribution >= 4 is 30.7 Å². The van der Waals surface area contributed by atoms with Gasteiger partial charge in [0.25, 0.3) is 0 Å². The predicted molar refractivity (Wildman–Crippen MR) is 119 cm³/mol. The van der Waals surface area contributed by atoms with Crippen LogP contribution in [0, 0.1) is 11.3 Å². The van der Waals surface area contributed by atoms with E-state index < -0.39 is 0 Å². The number of nitrogens with one attached hydrogen (secondary N) is 2. The van der Waals surface area contributed by atoms with E-state index in [1.807, 2.05) is 24.3 Å². The lowest BCUT2D eigenvalue weighted by molar-refractivity contribution is -0.123. The van der Waals surface area contributed by atoms with E-state index in [4.69, 9.17) is 4.74 Å². The SMILES string of the molecule is CCN(CC)CCOc1ccccc1CNC(=O)C1CC12CCNCC2.Cl.Cl. The summed E-state index contributed by atoms with van der Waals surface area (Å²) in [5.41, 5.74) is 1.34. The lowest BCUT2D eigenvalue weighted by Crippen LogP contribution is -2.33. The van der Waals surface area contributed by atoms with Crippen LogP contribution in [0.25, 0.3) is 0 Å². The third-order valence-electron chi connectivity index (χ3n) is 6.09. The Labute approximate surface area is 181 Å². The molecule has 1 aromatic rings. The molecule has 1 heterocycles. The highest BCUT2D eigenvalue weighted by molar-refractivity contribution is 5.85. The molecule has 0 radical (unpaired) electrons. The van der Waals surface area contributed by atoms with Crippen molar-refractivity contribution in [3.05, 3.63) is 29.8 Å². The van der Waals surface area contributed by atoms with Gasteiger partial charge >= 0.3 is 0 Å².